The molecule has 6 heteroatoms. The minimum absolute atomic E-state index is 0.0750. The molecule has 0 unspecified atom stereocenters. The fraction of sp³-hybridized carbons (Fsp3) is 0.318. The predicted molar refractivity (Wildman–Crippen MR) is 109 cm³/mol. The highest BCUT2D eigenvalue weighted by atomic mass is 16.5. The zero-order valence-corrected chi connectivity index (χ0v) is 16.0. The topological polar surface area (TPSA) is 67.3 Å². The quantitative estimate of drug-likeness (QED) is 0.740. The number of aromatic nitrogens is 2. The van der Waals surface area contributed by atoms with Crippen molar-refractivity contribution in [3.63, 3.8) is 0 Å². The molecule has 4 rings (SSSR count). The first-order valence-electron chi connectivity index (χ1n) is 9.60. The standard InChI is InChI=1S/C22H24N4O2/c1-26-11-8-19(9-12-26)28-22-7-5-18(15-24-22)25-21(27)14-16-4-6-20-17(13-16)3-2-10-23-20/h2-7,10,13,15,19H,8-9,11-12,14H2,1H3,(H,25,27). The molecule has 6 nitrogen and oxygen atoms in total. The fourth-order valence-electron chi connectivity index (χ4n) is 3.42. The van der Waals surface area contributed by atoms with Crippen molar-refractivity contribution < 1.29 is 9.53 Å². The second kappa shape index (κ2) is 8.35. The molecule has 1 fully saturated rings. The molecule has 0 atom stereocenters. The molecule has 0 spiro atoms. The lowest BCUT2D eigenvalue weighted by Gasteiger charge is -2.28. The summed E-state index contributed by atoms with van der Waals surface area (Å²) in [5, 5.41) is 3.93. The molecule has 3 aromatic rings. The van der Waals surface area contributed by atoms with Gasteiger partial charge in [-0.25, -0.2) is 4.98 Å². The second-order valence-electron chi connectivity index (χ2n) is 7.26. The Morgan fingerprint density at radius 1 is 1.18 bits per heavy atom. The van der Waals surface area contributed by atoms with E-state index in [2.05, 4.69) is 27.2 Å². The Bertz CT molecular complexity index is 950. The van der Waals surface area contributed by atoms with Crippen LogP contribution in [0.2, 0.25) is 0 Å². The van der Waals surface area contributed by atoms with E-state index < -0.39 is 0 Å². The van der Waals surface area contributed by atoms with Crippen LogP contribution in [-0.2, 0) is 11.2 Å². The minimum Gasteiger partial charge on any atom is -0.474 e. The number of rotatable bonds is 5. The number of piperidine rings is 1. The van der Waals surface area contributed by atoms with E-state index in [1.54, 1.807) is 12.4 Å². The summed E-state index contributed by atoms with van der Waals surface area (Å²) in [7, 11) is 2.13. The van der Waals surface area contributed by atoms with Crippen molar-refractivity contribution in [1.29, 1.82) is 0 Å². The van der Waals surface area contributed by atoms with Gasteiger partial charge >= 0.3 is 0 Å². The maximum Gasteiger partial charge on any atom is 0.228 e. The number of carbonyl (C=O) groups excluding carboxylic acids is 1. The lowest BCUT2D eigenvalue weighted by atomic mass is 10.1. The van der Waals surface area contributed by atoms with Crippen LogP contribution in [0.25, 0.3) is 10.9 Å². The summed E-state index contributed by atoms with van der Waals surface area (Å²) in [4.78, 5) is 23.3. The molecule has 0 radical (unpaired) electrons. The number of nitrogens with zero attached hydrogens (tertiary/aromatic N) is 3. The summed E-state index contributed by atoms with van der Waals surface area (Å²) in [5.41, 5.74) is 2.55. The Morgan fingerprint density at radius 2 is 2.04 bits per heavy atom. The lowest BCUT2D eigenvalue weighted by Crippen LogP contribution is -2.35. The van der Waals surface area contributed by atoms with Crippen LogP contribution in [0.15, 0.2) is 54.9 Å². The Balaban J connectivity index is 1.32. The molecule has 144 valence electrons. The summed E-state index contributed by atoms with van der Waals surface area (Å²) in [6.45, 7) is 2.09. The second-order valence-corrected chi connectivity index (χ2v) is 7.26. The Labute approximate surface area is 164 Å². The maximum absolute atomic E-state index is 12.4. The number of anilines is 1. The molecule has 0 bridgehead atoms. The molecule has 0 saturated carbocycles. The number of nitrogens with one attached hydrogen (secondary N) is 1. The Morgan fingerprint density at radius 3 is 2.82 bits per heavy atom. The minimum atomic E-state index is -0.0750. The molecule has 0 aliphatic carbocycles. The molecule has 1 aromatic carbocycles. The normalized spacial score (nSPS) is 15.5. The molecule has 1 saturated heterocycles. The first kappa shape index (κ1) is 18.4. The molecule has 2 aromatic heterocycles. The summed E-state index contributed by atoms with van der Waals surface area (Å²) in [6, 6.07) is 13.4. The van der Waals surface area contributed by atoms with Gasteiger partial charge in [-0.3, -0.25) is 9.78 Å². The van der Waals surface area contributed by atoms with E-state index >= 15 is 0 Å². The van der Waals surface area contributed by atoms with Gasteiger partial charge in [0.15, 0.2) is 0 Å². The molecule has 1 N–H and O–H groups in total. The third-order valence-corrected chi connectivity index (χ3v) is 5.01. The van der Waals surface area contributed by atoms with Crippen LogP contribution < -0.4 is 10.1 Å². The third-order valence-electron chi connectivity index (χ3n) is 5.01. The van der Waals surface area contributed by atoms with Crippen molar-refractivity contribution in [2.24, 2.45) is 0 Å². The first-order valence-corrected chi connectivity index (χ1v) is 9.60. The van der Waals surface area contributed by atoms with Crippen LogP contribution in [-0.4, -0.2) is 47.0 Å². The SMILES string of the molecule is CN1CCC(Oc2ccc(NC(=O)Cc3ccc4ncccc4c3)cn2)CC1. The number of ether oxygens (including phenoxy) is 1. The van der Waals surface area contributed by atoms with Crippen LogP contribution in [0.1, 0.15) is 18.4 Å². The predicted octanol–water partition coefficient (Wildman–Crippen LogP) is 3.28. The van der Waals surface area contributed by atoms with E-state index in [1.165, 1.54) is 0 Å². The lowest BCUT2D eigenvalue weighted by molar-refractivity contribution is -0.115. The summed E-state index contributed by atoms with van der Waals surface area (Å²) < 4.78 is 5.94. The van der Waals surface area contributed by atoms with Crippen molar-refractivity contribution in [3.05, 3.63) is 60.4 Å². The van der Waals surface area contributed by atoms with Gasteiger partial charge in [0.25, 0.3) is 0 Å². The first-order chi connectivity index (χ1) is 13.7. The molecule has 3 heterocycles. The highest BCUT2D eigenvalue weighted by molar-refractivity contribution is 5.92. The van der Waals surface area contributed by atoms with Crippen LogP contribution in [0.3, 0.4) is 0 Å². The van der Waals surface area contributed by atoms with E-state index in [-0.39, 0.29) is 12.0 Å². The molecule has 1 amide bonds. The highest BCUT2D eigenvalue weighted by Gasteiger charge is 2.18. The number of hydrogen-bond donors (Lipinski definition) is 1. The van der Waals surface area contributed by atoms with Crippen molar-refractivity contribution in [2.45, 2.75) is 25.4 Å². The fourth-order valence-corrected chi connectivity index (χ4v) is 3.42. The zero-order valence-electron chi connectivity index (χ0n) is 16.0. The van der Waals surface area contributed by atoms with E-state index in [0.29, 0.717) is 18.0 Å². The number of fused-ring (bicyclic) bond motifs is 1. The van der Waals surface area contributed by atoms with Gasteiger partial charge in [0, 0.05) is 30.7 Å². The molecular formula is C22H24N4O2. The monoisotopic (exact) mass is 376 g/mol. The van der Waals surface area contributed by atoms with Crippen molar-refractivity contribution >= 4 is 22.5 Å². The zero-order chi connectivity index (χ0) is 19.3. The van der Waals surface area contributed by atoms with Gasteiger partial charge < -0.3 is 15.0 Å². The van der Waals surface area contributed by atoms with Gasteiger partial charge in [-0.2, -0.15) is 0 Å². The Hall–Kier alpha value is -2.99. The van der Waals surface area contributed by atoms with E-state index in [4.69, 9.17) is 4.74 Å². The van der Waals surface area contributed by atoms with Crippen LogP contribution in [0, 0.1) is 0 Å². The van der Waals surface area contributed by atoms with Gasteiger partial charge in [-0.05, 0) is 49.7 Å². The van der Waals surface area contributed by atoms with Gasteiger partial charge in [-0.1, -0.05) is 12.1 Å². The van der Waals surface area contributed by atoms with E-state index in [1.807, 2.05) is 42.5 Å². The number of pyridine rings is 2. The van der Waals surface area contributed by atoms with E-state index in [0.717, 1.165) is 42.4 Å². The van der Waals surface area contributed by atoms with Crippen molar-refractivity contribution in [3.8, 4) is 5.88 Å². The average Bonchev–Trinajstić information content (AvgIpc) is 2.71. The molecular weight excluding hydrogens is 352 g/mol. The van der Waals surface area contributed by atoms with Gasteiger partial charge in [0.2, 0.25) is 11.8 Å². The van der Waals surface area contributed by atoms with Crippen LogP contribution in [0.4, 0.5) is 5.69 Å². The molecule has 1 aliphatic rings. The summed E-state index contributed by atoms with van der Waals surface area (Å²) >= 11 is 0. The Kier molecular flexibility index (Phi) is 5.48. The highest BCUT2D eigenvalue weighted by Crippen LogP contribution is 2.19. The maximum atomic E-state index is 12.4. The van der Waals surface area contributed by atoms with Gasteiger partial charge in [-0.15, -0.1) is 0 Å². The average molecular weight is 376 g/mol. The number of benzene rings is 1. The number of carbonyl (C=O) groups is 1. The summed E-state index contributed by atoms with van der Waals surface area (Å²) in [6.07, 6.45) is 5.95. The van der Waals surface area contributed by atoms with Crippen molar-refractivity contribution in [1.82, 2.24) is 14.9 Å². The van der Waals surface area contributed by atoms with Crippen LogP contribution in [0.5, 0.6) is 5.88 Å². The number of amides is 1. The third kappa shape index (κ3) is 4.64. The number of likely N-dealkylation sites (tertiary alicyclic amines) is 1. The molecule has 1 aliphatic heterocycles. The van der Waals surface area contributed by atoms with Crippen LogP contribution >= 0.6 is 0 Å². The smallest absolute Gasteiger partial charge is 0.228 e. The van der Waals surface area contributed by atoms with E-state index in [9.17, 15) is 4.79 Å². The molecule has 28 heavy (non-hydrogen) atoms. The van der Waals surface area contributed by atoms with Gasteiger partial charge in [0.1, 0.15) is 6.10 Å². The summed E-state index contributed by atoms with van der Waals surface area (Å²) in [5.74, 6) is 0.531. The van der Waals surface area contributed by atoms with Crippen molar-refractivity contribution in [2.75, 3.05) is 25.5 Å². The largest absolute Gasteiger partial charge is 0.474 e. The number of hydrogen-bond acceptors (Lipinski definition) is 5. The van der Waals surface area contributed by atoms with Gasteiger partial charge in [0.05, 0.1) is 23.8 Å².